The van der Waals surface area contributed by atoms with Gasteiger partial charge in [0.05, 0.1) is 39.2 Å². The lowest BCUT2D eigenvalue weighted by Crippen LogP contribution is -2.47. The molecule has 1 atom stereocenters. The highest BCUT2D eigenvalue weighted by atomic mass is 16.5. The molecule has 0 aromatic heterocycles. The number of methoxy groups -OCH3 is 2. The molecule has 0 bridgehead atoms. The Hall–Kier alpha value is -3.43. The molecule has 5 rings (SSSR count). The van der Waals surface area contributed by atoms with Gasteiger partial charge >= 0.3 is 0 Å². The van der Waals surface area contributed by atoms with Gasteiger partial charge in [-0.15, -0.1) is 0 Å². The summed E-state index contributed by atoms with van der Waals surface area (Å²) in [7, 11) is 3.22. The first kappa shape index (κ1) is 30.0. The van der Waals surface area contributed by atoms with Crippen molar-refractivity contribution in [3.05, 3.63) is 58.7 Å². The van der Waals surface area contributed by atoms with Crippen LogP contribution in [0.5, 0.6) is 11.5 Å². The number of benzene rings is 2. The van der Waals surface area contributed by atoms with Gasteiger partial charge in [0.25, 0.3) is 5.91 Å². The summed E-state index contributed by atoms with van der Waals surface area (Å²) in [4.78, 5) is 31.9. The zero-order valence-electron chi connectivity index (χ0n) is 25.4. The van der Waals surface area contributed by atoms with Gasteiger partial charge in [-0.1, -0.05) is 31.0 Å². The van der Waals surface area contributed by atoms with Crippen molar-refractivity contribution in [1.82, 2.24) is 14.8 Å². The highest BCUT2D eigenvalue weighted by Crippen LogP contribution is 2.38. The molecule has 1 saturated carbocycles. The minimum Gasteiger partial charge on any atom is -0.493 e. The third kappa shape index (κ3) is 6.79. The van der Waals surface area contributed by atoms with Crippen LogP contribution in [-0.4, -0.2) is 92.5 Å². The van der Waals surface area contributed by atoms with E-state index in [2.05, 4.69) is 36.9 Å². The SMILES string of the molecule is COc1ccc(C2CC(c3ccc(C)c(C)c3)=NN2C(=O)CN(CCN2CCOCC2)C(=O)C2CCCC2)cc1OC. The summed E-state index contributed by atoms with van der Waals surface area (Å²) in [5, 5.41) is 6.50. The van der Waals surface area contributed by atoms with Crippen molar-refractivity contribution in [3.8, 4) is 11.5 Å². The molecule has 9 nitrogen and oxygen atoms in total. The van der Waals surface area contributed by atoms with Gasteiger partial charge in [0.15, 0.2) is 11.5 Å². The van der Waals surface area contributed by atoms with Gasteiger partial charge in [-0.25, -0.2) is 5.01 Å². The summed E-state index contributed by atoms with van der Waals surface area (Å²) in [6.07, 6.45) is 4.49. The molecule has 0 spiro atoms. The number of carbonyl (C=O) groups excluding carboxylic acids is 2. The number of nitrogens with zero attached hydrogens (tertiary/aromatic N) is 4. The van der Waals surface area contributed by atoms with E-state index in [1.54, 1.807) is 24.1 Å². The van der Waals surface area contributed by atoms with Gasteiger partial charge in [-0.05, 0) is 67.1 Å². The molecular weight excluding hydrogens is 532 g/mol. The van der Waals surface area contributed by atoms with Gasteiger partial charge in [-0.3, -0.25) is 14.5 Å². The summed E-state index contributed by atoms with van der Waals surface area (Å²) < 4.78 is 16.5. The van der Waals surface area contributed by atoms with Gasteiger partial charge in [0.1, 0.15) is 6.54 Å². The van der Waals surface area contributed by atoms with E-state index in [4.69, 9.17) is 19.3 Å². The molecule has 0 N–H and O–H groups in total. The minimum atomic E-state index is -0.323. The van der Waals surface area contributed by atoms with Gasteiger partial charge in [-0.2, -0.15) is 5.10 Å². The van der Waals surface area contributed by atoms with Crippen molar-refractivity contribution in [2.75, 3.05) is 60.2 Å². The molecule has 1 unspecified atom stereocenters. The molecule has 2 fully saturated rings. The van der Waals surface area contributed by atoms with E-state index in [1.165, 1.54) is 11.1 Å². The van der Waals surface area contributed by atoms with E-state index in [-0.39, 0.29) is 30.3 Å². The largest absolute Gasteiger partial charge is 0.493 e. The number of carbonyl (C=O) groups is 2. The fraction of sp³-hybridized carbons (Fsp3) is 0.545. The lowest BCUT2D eigenvalue weighted by molar-refractivity contribution is -0.144. The summed E-state index contributed by atoms with van der Waals surface area (Å²) >= 11 is 0. The zero-order chi connectivity index (χ0) is 29.6. The summed E-state index contributed by atoms with van der Waals surface area (Å²) in [6.45, 7) is 8.52. The van der Waals surface area contributed by atoms with Crippen molar-refractivity contribution in [1.29, 1.82) is 0 Å². The Morgan fingerprint density at radius 1 is 0.976 bits per heavy atom. The second kappa shape index (κ2) is 13.7. The monoisotopic (exact) mass is 576 g/mol. The number of hydrogen-bond donors (Lipinski definition) is 0. The van der Waals surface area contributed by atoms with E-state index in [0.29, 0.717) is 37.7 Å². The molecule has 3 aliphatic rings. The topological polar surface area (TPSA) is 83.9 Å². The number of hydrazone groups is 1. The number of rotatable bonds is 10. The molecule has 1 aliphatic carbocycles. The molecule has 2 heterocycles. The van der Waals surface area contributed by atoms with Crippen LogP contribution in [0, 0.1) is 19.8 Å². The first-order valence-electron chi connectivity index (χ1n) is 15.2. The van der Waals surface area contributed by atoms with Crippen LogP contribution >= 0.6 is 0 Å². The third-order valence-electron chi connectivity index (χ3n) is 8.93. The number of amides is 2. The van der Waals surface area contributed by atoms with Crippen LogP contribution in [0.15, 0.2) is 41.5 Å². The molecule has 0 radical (unpaired) electrons. The van der Waals surface area contributed by atoms with Gasteiger partial charge in [0, 0.05) is 38.5 Å². The Labute approximate surface area is 249 Å². The average molecular weight is 577 g/mol. The van der Waals surface area contributed by atoms with E-state index in [1.807, 2.05) is 18.2 Å². The van der Waals surface area contributed by atoms with Crippen LogP contribution in [0.1, 0.15) is 60.4 Å². The summed E-state index contributed by atoms with van der Waals surface area (Å²) in [5.74, 6) is 1.14. The maximum Gasteiger partial charge on any atom is 0.262 e. The average Bonchev–Trinajstić information content (AvgIpc) is 3.72. The number of aryl methyl sites for hydroxylation is 2. The number of hydrogen-bond acceptors (Lipinski definition) is 7. The molecule has 1 saturated heterocycles. The van der Waals surface area contributed by atoms with Crippen molar-refractivity contribution < 1.29 is 23.8 Å². The van der Waals surface area contributed by atoms with Crippen LogP contribution in [-0.2, 0) is 14.3 Å². The first-order valence-corrected chi connectivity index (χ1v) is 15.2. The standard InChI is InChI=1S/C33H44N4O5/c1-23-9-10-26(19-24(23)2)28-21-29(27-11-12-30(40-3)31(20-27)41-4)37(34-28)32(38)22-36(33(39)25-7-5-6-8-25)14-13-35-15-17-42-18-16-35/h9-12,19-20,25,29H,5-8,13-18,21-22H2,1-4H3. The van der Waals surface area contributed by atoms with Crippen molar-refractivity contribution in [2.45, 2.75) is 52.0 Å². The maximum atomic E-state index is 14.1. The van der Waals surface area contributed by atoms with E-state index >= 15 is 0 Å². The van der Waals surface area contributed by atoms with Crippen LogP contribution in [0.4, 0.5) is 0 Å². The van der Waals surface area contributed by atoms with Crippen LogP contribution in [0.3, 0.4) is 0 Å². The molecule has 2 aromatic carbocycles. The Balaban J connectivity index is 1.42. The molecule has 2 aliphatic heterocycles. The summed E-state index contributed by atoms with van der Waals surface area (Å²) in [6, 6.07) is 11.7. The van der Waals surface area contributed by atoms with Crippen LogP contribution in [0.25, 0.3) is 0 Å². The molecular formula is C33H44N4O5. The highest BCUT2D eigenvalue weighted by Gasteiger charge is 2.36. The molecule has 42 heavy (non-hydrogen) atoms. The Morgan fingerprint density at radius 2 is 1.71 bits per heavy atom. The highest BCUT2D eigenvalue weighted by molar-refractivity contribution is 6.03. The Kier molecular flexibility index (Phi) is 9.80. The Morgan fingerprint density at radius 3 is 2.40 bits per heavy atom. The second-order valence-electron chi connectivity index (χ2n) is 11.6. The fourth-order valence-corrected chi connectivity index (χ4v) is 6.18. The quantitative estimate of drug-likeness (QED) is 0.418. The smallest absolute Gasteiger partial charge is 0.262 e. The zero-order valence-corrected chi connectivity index (χ0v) is 25.4. The van der Waals surface area contributed by atoms with Crippen LogP contribution < -0.4 is 9.47 Å². The number of morpholine rings is 1. The van der Waals surface area contributed by atoms with E-state index in [9.17, 15) is 9.59 Å². The van der Waals surface area contributed by atoms with Gasteiger partial charge in [0.2, 0.25) is 5.91 Å². The van der Waals surface area contributed by atoms with Crippen molar-refractivity contribution >= 4 is 17.5 Å². The Bertz CT molecular complexity index is 1300. The van der Waals surface area contributed by atoms with Crippen molar-refractivity contribution in [3.63, 3.8) is 0 Å². The van der Waals surface area contributed by atoms with Crippen molar-refractivity contribution in [2.24, 2.45) is 11.0 Å². The maximum absolute atomic E-state index is 14.1. The molecule has 9 heteroatoms. The third-order valence-corrected chi connectivity index (χ3v) is 8.93. The molecule has 2 aromatic rings. The molecule has 226 valence electrons. The second-order valence-corrected chi connectivity index (χ2v) is 11.6. The fourth-order valence-electron chi connectivity index (χ4n) is 6.18. The minimum absolute atomic E-state index is 0.00249. The predicted octanol–water partition coefficient (Wildman–Crippen LogP) is 4.35. The predicted molar refractivity (Wildman–Crippen MR) is 162 cm³/mol. The van der Waals surface area contributed by atoms with E-state index in [0.717, 1.165) is 62.2 Å². The summed E-state index contributed by atoms with van der Waals surface area (Å²) in [5.41, 5.74) is 5.16. The lowest BCUT2D eigenvalue weighted by Gasteiger charge is -2.32. The lowest BCUT2D eigenvalue weighted by atomic mass is 9.96. The number of ether oxygens (including phenoxy) is 3. The van der Waals surface area contributed by atoms with E-state index < -0.39 is 0 Å². The van der Waals surface area contributed by atoms with Crippen LogP contribution in [0.2, 0.25) is 0 Å². The first-order chi connectivity index (χ1) is 20.4. The molecule has 2 amide bonds. The normalized spacial score (nSPS) is 19.6. The van der Waals surface area contributed by atoms with Gasteiger partial charge < -0.3 is 19.1 Å².